The molecule has 0 aliphatic carbocycles. The van der Waals surface area contributed by atoms with E-state index in [2.05, 4.69) is 6.58 Å². The number of ether oxygens (including phenoxy) is 1. The van der Waals surface area contributed by atoms with Gasteiger partial charge in [-0.3, -0.25) is 0 Å². The summed E-state index contributed by atoms with van der Waals surface area (Å²) < 4.78 is 5.06. The Morgan fingerprint density at radius 3 is 2.69 bits per heavy atom. The van der Waals surface area contributed by atoms with E-state index in [1.165, 1.54) is 0 Å². The largest absolute Gasteiger partial charge is 0.478 e. The van der Waals surface area contributed by atoms with Crippen LogP contribution in [0.4, 0.5) is 0 Å². The molecular weight excluding hydrogens is 168 g/mol. The maximum Gasteiger partial charge on any atom is 0.330 e. The van der Waals surface area contributed by atoms with E-state index >= 15 is 0 Å². The Balaban J connectivity index is 1.87. The Labute approximate surface area is 78.4 Å². The van der Waals surface area contributed by atoms with Crippen molar-refractivity contribution in [2.45, 2.75) is 38.2 Å². The van der Waals surface area contributed by atoms with Gasteiger partial charge in [0.25, 0.3) is 0 Å². The van der Waals surface area contributed by atoms with Gasteiger partial charge in [0, 0.05) is 5.57 Å². The predicted molar refractivity (Wildman–Crippen MR) is 49.6 cm³/mol. The molecule has 1 unspecified atom stereocenters. The Bertz CT molecular complexity index is 194. The number of rotatable bonds is 7. The molecule has 3 heteroatoms. The molecule has 1 aliphatic heterocycles. The predicted octanol–water partition coefficient (Wildman–Crippen LogP) is 1.98. The van der Waals surface area contributed by atoms with Crippen molar-refractivity contribution >= 4 is 5.97 Å². The van der Waals surface area contributed by atoms with Gasteiger partial charge in [0.2, 0.25) is 0 Å². The second-order valence-electron chi connectivity index (χ2n) is 3.46. The summed E-state index contributed by atoms with van der Waals surface area (Å²) >= 11 is 0. The van der Waals surface area contributed by atoms with Crippen molar-refractivity contribution in [2.24, 2.45) is 0 Å². The Morgan fingerprint density at radius 2 is 2.15 bits per heavy atom. The highest BCUT2D eigenvalue weighted by molar-refractivity contribution is 5.85. The number of aliphatic carboxylic acids is 1. The van der Waals surface area contributed by atoms with Crippen LogP contribution in [0.2, 0.25) is 0 Å². The van der Waals surface area contributed by atoms with Crippen LogP contribution in [0.15, 0.2) is 12.2 Å². The smallest absolute Gasteiger partial charge is 0.330 e. The fourth-order valence-corrected chi connectivity index (χ4v) is 1.23. The van der Waals surface area contributed by atoms with Gasteiger partial charge in [-0.25, -0.2) is 4.79 Å². The van der Waals surface area contributed by atoms with Gasteiger partial charge >= 0.3 is 5.97 Å². The van der Waals surface area contributed by atoms with Gasteiger partial charge in [0.15, 0.2) is 0 Å². The number of unbranched alkanes of at least 4 members (excludes halogenated alkanes) is 2. The molecule has 13 heavy (non-hydrogen) atoms. The highest BCUT2D eigenvalue weighted by atomic mass is 16.6. The monoisotopic (exact) mass is 184 g/mol. The average Bonchev–Trinajstić information content (AvgIpc) is 2.87. The molecule has 0 spiro atoms. The van der Waals surface area contributed by atoms with Crippen molar-refractivity contribution in [1.29, 1.82) is 0 Å². The molecule has 74 valence electrons. The molecular formula is C10H16O3. The Hall–Kier alpha value is -0.830. The lowest BCUT2D eigenvalue weighted by Crippen LogP contribution is -1.98. The van der Waals surface area contributed by atoms with Crippen LogP contribution in [-0.2, 0) is 9.53 Å². The molecule has 1 atom stereocenters. The maximum absolute atomic E-state index is 10.4. The van der Waals surface area contributed by atoms with E-state index in [1.807, 2.05) is 0 Å². The molecule has 1 aliphatic rings. The highest BCUT2D eigenvalue weighted by Gasteiger charge is 2.20. The second-order valence-corrected chi connectivity index (χ2v) is 3.46. The van der Waals surface area contributed by atoms with E-state index < -0.39 is 5.97 Å². The van der Waals surface area contributed by atoms with Gasteiger partial charge in [-0.1, -0.05) is 19.4 Å². The number of carboxylic acid groups (broad SMARTS) is 1. The van der Waals surface area contributed by atoms with Crippen LogP contribution in [0.5, 0.6) is 0 Å². The Kier molecular flexibility index (Phi) is 3.96. The summed E-state index contributed by atoms with van der Waals surface area (Å²) in [5, 5.41) is 8.52. The third-order valence-electron chi connectivity index (χ3n) is 2.21. The molecule has 0 radical (unpaired) electrons. The molecule has 0 aromatic heterocycles. The van der Waals surface area contributed by atoms with Crippen molar-refractivity contribution in [3.63, 3.8) is 0 Å². The van der Waals surface area contributed by atoms with E-state index in [0.29, 0.717) is 18.1 Å². The summed E-state index contributed by atoms with van der Waals surface area (Å²) in [6.07, 6.45) is 5.38. The van der Waals surface area contributed by atoms with E-state index in [0.717, 1.165) is 32.3 Å². The zero-order valence-electron chi connectivity index (χ0n) is 7.79. The number of hydrogen-bond acceptors (Lipinski definition) is 2. The van der Waals surface area contributed by atoms with E-state index in [4.69, 9.17) is 9.84 Å². The van der Waals surface area contributed by atoms with Gasteiger partial charge < -0.3 is 9.84 Å². The van der Waals surface area contributed by atoms with Crippen LogP contribution >= 0.6 is 0 Å². The molecule has 1 saturated heterocycles. The normalized spacial score (nSPS) is 19.8. The van der Waals surface area contributed by atoms with E-state index in [-0.39, 0.29) is 0 Å². The summed E-state index contributed by atoms with van der Waals surface area (Å²) in [6, 6.07) is 0. The molecule has 0 aromatic rings. The first-order chi connectivity index (χ1) is 6.20. The maximum atomic E-state index is 10.4. The topological polar surface area (TPSA) is 49.8 Å². The zero-order chi connectivity index (χ0) is 9.68. The Morgan fingerprint density at radius 1 is 1.46 bits per heavy atom. The highest BCUT2D eigenvalue weighted by Crippen LogP contribution is 2.18. The SMILES string of the molecule is C=C(CCCCCC1CO1)C(=O)O. The summed E-state index contributed by atoms with van der Waals surface area (Å²) in [4.78, 5) is 10.4. The van der Waals surface area contributed by atoms with Crippen molar-refractivity contribution in [1.82, 2.24) is 0 Å². The van der Waals surface area contributed by atoms with Crippen LogP contribution in [0.1, 0.15) is 32.1 Å². The van der Waals surface area contributed by atoms with Crippen molar-refractivity contribution in [3.8, 4) is 0 Å². The van der Waals surface area contributed by atoms with Crippen molar-refractivity contribution < 1.29 is 14.6 Å². The summed E-state index contributed by atoms with van der Waals surface area (Å²) in [5.74, 6) is -0.870. The minimum absolute atomic E-state index is 0.322. The molecule has 1 N–H and O–H groups in total. The van der Waals surface area contributed by atoms with Crippen LogP contribution in [0.25, 0.3) is 0 Å². The van der Waals surface area contributed by atoms with E-state index in [9.17, 15) is 4.79 Å². The third-order valence-corrected chi connectivity index (χ3v) is 2.21. The van der Waals surface area contributed by atoms with Crippen LogP contribution in [0, 0.1) is 0 Å². The van der Waals surface area contributed by atoms with Gasteiger partial charge in [0.1, 0.15) is 0 Å². The van der Waals surface area contributed by atoms with Gasteiger partial charge in [-0.2, -0.15) is 0 Å². The summed E-state index contributed by atoms with van der Waals surface area (Å²) in [6.45, 7) is 4.39. The van der Waals surface area contributed by atoms with Crippen LogP contribution < -0.4 is 0 Å². The first kappa shape index (κ1) is 10.3. The lowest BCUT2D eigenvalue weighted by Gasteiger charge is -1.99. The fourth-order valence-electron chi connectivity index (χ4n) is 1.23. The van der Waals surface area contributed by atoms with Gasteiger partial charge in [-0.15, -0.1) is 0 Å². The van der Waals surface area contributed by atoms with E-state index in [1.54, 1.807) is 0 Å². The molecule has 0 saturated carbocycles. The minimum atomic E-state index is -0.870. The first-order valence-corrected chi connectivity index (χ1v) is 4.73. The molecule has 0 bridgehead atoms. The number of hydrogen-bond donors (Lipinski definition) is 1. The molecule has 1 heterocycles. The summed E-state index contributed by atoms with van der Waals surface area (Å²) in [5.41, 5.74) is 0.322. The molecule has 0 amide bonds. The van der Waals surface area contributed by atoms with Crippen molar-refractivity contribution in [2.75, 3.05) is 6.61 Å². The number of carboxylic acids is 1. The lowest BCUT2D eigenvalue weighted by molar-refractivity contribution is -0.132. The number of carbonyl (C=O) groups is 1. The van der Waals surface area contributed by atoms with Crippen LogP contribution in [0.3, 0.4) is 0 Å². The fraction of sp³-hybridized carbons (Fsp3) is 0.700. The third kappa shape index (κ3) is 4.68. The van der Waals surface area contributed by atoms with Gasteiger partial charge in [-0.05, 0) is 19.3 Å². The average molecular weight is 184 g/mol. The number of epoxide rings is 1. The standard InChI is InChI=1S/C10H16O3/c1-8(10(11)12)5-3-2-4-6-9-7-13-9/h9H,1-7H2,(H,11,12). The lowest BCUT2D eigenvalue weighted by atomic mass is 10.1. The minimum Gasteiger partial charge on any atom is -0.478 e. The second kappa shape index (κ2) is 5.02. The molecule has 1 rings (SSSR count). The first-order valence-electron chi connectivity index (χ1n) is 4.73. The van der Waals surface area contributed by atoms with Gasteiger partial charge in [0.05, 0.1) is 12.7 Å². The van der Waals surface area contributed by atoms with Crippen LogP contribution in [-0.4, -0.2) is 23.8 Å². The molecule has 3 nitrogen and oxygen atoms in total. The van der Waals surface area contributed by atoms with Crippen molar-refractivity contribution in [3.05, 3.63) is 12.2 Å². The molecule has 1 fully saturated rings. The zero-order valence-corrected chi connectivity index (χ0v) is 7.79. The summed E-state index contributed by atoms with van der Waals surface area (Å²) in [7, 11) is 0. The molecule has 0 aromatic carbocycles. The quantitative estimate of drug-likeness (QED) is 0.374.